The van der Waals surface area contributed by atoms with Crippen LogP contribution in [-0.2, 0) is 28.5 Å². The van der Waals surface area contributed by atoms with E-state index in [-0.39, 0.29) is 49.6 Å². The third-order valence-corrected chi connectivity index (χ3v) is 12.8. The van der Waals surface area contributed by atoms with E-state index in [1.54, 1.807) is 57.4 Å². The van der Waals surface area contributed by atoms with E-state index in [9.17, 15) is 34.5 Å². The highest BCUT2D eigenvalue weighted by Crippen LogP contribution is 2.44. The molecule has 17 nitrogen and oxygen atoms in total. The fourth-order valence-corrected chi connectivity index (χ4v) is 8.90. The molecule has 0 unspecified atom stereocenters. The molecule has 1 fully saturated rings. The highest BCUT2D eigenvalue weighted by atomic mass is 16.7. The number of aromatic nitrogens is 2. The van der Waals surface area contributed by atoms with Crippen molar-refractivity contribution in [3.8, 4) is 11.5 Å². The maximum absolute atomic E-state index is 14.8. The minimum absolute atomic E-state index is 0.0198. The molecule has 2 aromatic carbocycles. The van der Waals surface area contributed by atoms with Crippen molar-refractivity contribution in [1.29, 1.82) is 0 Å². The Bertz CT molecular complexity index is 2790. The van der Waals surface area contributed by atoms with Gasteiger partial charge in [0, 0.05) is 86.6 Å². The topological polar surface area (TPSA) is 223 Å². The summed E-state index contributed by atoms with van der Waals surface area (Å²) in [5, 5.41) is 37.5. The summed E-state index contributed by atoms with van der Waals surface area (Å²) in [5.74, 6) is -7.09. The average Bonchev–Trinajstić information content (AvgIpc) is 3.78. The van der Waals surface area contributed by atoms with Crippen molar-refractivity contribution in [2.45, 2.75) is 85.6 Å². The van der Waals surface area contributed by atoms with Crippen molar-refractivity contribution in [2.24, 2.45) is 28.7 Å². The van der Waals surface area contributed by atoms with Crippen molar-refractivity contribution < 1.29 is 53.4 Å². The molecule has 0 saturated carbocycles. The van der Waals surface area contributed by atoms with Gasteiger partial charge in [-0.3, -0.25) is 23.6 Å². The van der Waals surface area contributed by atoms with Crippen LogP contribution in [0.15, 0.2) is 64.3 Å². The second-order valence-corrected chi connectivity index (χ2v) is 17.2. The molecule has 64 heavy (non-hydrogen) atoms. The number of morpholine rings is 1. The second-order valence-electron chi connectivity index (χ2n) is 17.2. The summed E-state index contributed by atoms with van der Waals surface area (Å²) in [6.07, 6.45) is 7.25. The summed E-state index contributed by atoms with van der Waals surface area (Å²) < 4.78 is 31.1. The number of aromatic amines is 1. The number of methoxy groups -OCH3 is 1. The number of hydrogen-bond donors (Lipinski definition) is 5. The number of nitrogens with zero attached hydrogens (tertiary/aromatic N) is 3. The quantitative estimate of drug-likeness (QED) is 0.186. The number of ether oxygens (including phenoxy) is 5. The van der Waals surface area contributed by atoms with Crippen LogP contribution in [0.2, 0.25) is 0 Å². The summed E-state index contributed by atoms with van der Waals surface area (Å²) in [6, 6.07) is 3.64. The van der Waals surface area contributed by atoms with Gasteiger partial charge in [0.1, 0.15) is 28.4 Å². The van der Waals surface area contributed by atoms with Gasteiger partial charge in [0.15, 0.2) is 11.2 Å². The van der Waals surface area contributed by atoms with Gasteiger partial charge in [-0.2, -0.15) is 0 Å². The van der Waals surface area contributed by atoms with Crippen molar-refractivity contribution in [2.75, 3.05) is 33.4 Å². The lowest BCUT2D eigenvalue weighted by molar-refractivity contribution is -0.160. The number of hydrogen-bond acceptors (Lipinski definition) is 14. The number of nitrogens with one attached hydrogen (secondary N) is 2. The van der Waals surface area contributed by atoms with Gasteiger partial charge in [-0.25, -0.2) is 10.0 Å². The maximum atomic E-state index is 14.8. The van der Waals surface area contributed by atoms with Crippen LogP contribution in [0.4, 0.5) is 0 Å². The number of pyridine rings is 1. The number of Topliss-reactive ketones (excluding diaryl/α,β-unsaturated/α-hetero) is 1. The molecule has 2 aromatic heterocycles. The number of aromatic hydroxyl groups is 1. The van der Waals surface area contributed by atoms with Gasteiger partial charge in [-0.15, -0.1) is 0 Å². The third kappa shape index (κ3) is 8.45. The SMILES string of the molecule is CO[C@H]1/C=C/O[C@@]2(C)Oc3c(C)c(=O)c4c(O)c(c5c([nH]c6c/c(=C/NN7CCOCC7)ccn65)c4c3C2=O)=NC(=O)/C(C)=C\C=C\[C@H](C)[C@H](O)[C@@H](C)[C@@H](O)[C@@H](C)[C@H](OC(C)=O)[C@@H]1C. The number of allylic oxidation sites excluding steroid dienone is 2. The fourth-order valence-electron chi connectivity index (χ4n) is 8.90. The average molecular weight is 884 g/mol. The second kappa shape index (κ2) is 18.3. The zero-order valence-electron chi connectivity index (χ0n) is 37.5. The van der Waals surface area contributed by atoms with E-state index in [0.717, 1.165) is 5.22 Å². The molecule has 7 rings (SSSR count). The van der Waals surface area contributed by atoms with E-state index >= 15 is 0 Å². The first-order valence-corrected chi connectivity index (χ1v) is 21.4. The number of benzene rings is 2. The number of esters is 1. The van der Waals surface area contributed by atoms with Gasteiger partial charge >= 0.3 is 11.8 Å². The lowest BCUT2D eigenvalue weighted by Crippen LogP contribution is -2.46. The lowest BCUT2D eigenvalue weighted by atomic mass is 9.78. The monoisotopic (exact) mass is 883 g/mol. The predicted molar refractivity (Wildman–Crippen MR) is 237 cm³/mol. The fraction of sp³-hybridized carbons (Fsp3) is 0.468. The van der Waals surface area contributed by atoms with Crippen LogP contribution in [0.1, 0.15) is 64.4 Å². The number of carbonyl (C=O) groups excluding carboxylic acids is 3. The van der Waals surface area contributed by atoms with Crippen LogP contribution in [0.5, 0.6) is 11.5 Å². The van der Waals surface area contributed by atoms with Crippen LogP contribution in [0, 0.1) is 30.6 Å². The smallest absolute Gasteiger partial charge is 0.312 e. The van der Waals surface area contributed by atoms with E-state index < -0.39 is 82.7 Å². The van der Waals surface area contributed by atoms with Gasteiger partial charge in [0.05, 0.1) is 54.3 Å². The van der Waals surface area contributed by atoms with Gasteiger partial charge in [-0.05, 0) is 37.3 Å². The molecule has 342 valence electrons. The van der Waals surface area contributed by atoms with E-state index in [1.807, 2.05) is 23.3 Å². The number of imidazole rings is 1. The van der Waals surface area contributed by atoms with Crippen LogP contribution in [0.25, 0.3) is 33.7 Å². The maximum Gasteiger partial charge on any atom is 0.312 e. The molecule has 1 saturated heterocycles. The normalized spacial score (nSPS) is 30.8. The Morgan fingerprint density at radius 2 is 1.75 bits per heavy atom. The molecule has 3 aliphatic rings. The van der Waals surface area contributed by atoms with Crippen molar-refractivity contribution in [3.05, 3.63) is 86.4 Å². The number of rotatable bonds is 4. The number of H-pyrrole nitrogens is 1. The highest BCUT2D eigenvalue weighted by molar-refractivity contribution is 6.23. The van der Waals surface area contributed by atoms with Crippen molar-refractivity contribution in [3.63, 3.8) is 0 Å². The molecular weight excluding hydrogens is 827 g/mol. The molecule has 4 aromatic rings. The number of fused-ring (bicyclic) bond motifs is 2. The number of phenolic OH excluding ortho intramolecular Hbond substituents is 1. The zero-order chi connectivity index (χ0) is 46.4. The minimum Gasteiger partial charge on any atom is -0.505 e. The van der Waals surface area contributed by atoms with Crippen LogP contribution < -0.4 is 26.2 Å². The standard InChI is InChI=1S/C47H57N5O12/c1-23-11-10-12-24(2)46(59)50-37-38-36(49-32-21-30(13-15-52(32)38)22-48-51-16-19-61-20-17-51)33-34(42(37)57)41(56)28(6)44-35(33)45(58)47(8,64-44)62-18-14-31(60-9)25(3)43(63-29(7)53)27(5)40(55)26(4)39(23)54/h10-15,18,21-23,25-27,31,39-40,43,48-49,54-55,57H,16-17,19-20H2,1-9H3/b11-10+,18-14+,24-12-,30-22+,50-37?/t23-,25+,26+,27+,31-,39-,40+,43+,47-/m0/s1. The Labute approximate surface area is 369 Å². The minimum atomic E-state index is -2.01. The molecule has 17 heteroatoms. The summed E-state index contributed by atoms with van der Waals surface area (Å²) in [5.41, 5.74) is 3.73. The third-order valence-electron chi connectivity index (χ3n) is 12.8. The molecule has 0 radical (unpaired) electrons. The predicted octanol–water partition coefficient (Wildman–Crippen LogP) is 3.22. The van der Waals surface area contributed by atoms with Crippen LogP contribution >= 0.6 is 0 Å². The van der Waals surface area contributed by atoms with Crippen molar-refractivity contribution in [1.82, 2.24) is 19.8 Å². The van der Waals surface area contributed by atoms with Crippen LogP contribution in [0.3, 0.4) is 0 Å². The molecule has 4 bridgehead atoms. The highest BCUT2D eigenvalue weighted by Gasteiger charge is 2.49. The molecule has 0 spiro atoms. The van der Waals surface area contributed by atoms with E-state index in [4.69, 9.17) is 23.7 Å². The molecule has 9 atom stereocenters. The molecule has 1 amide bonds. The Hall–Kier alpha value is -5.85. The molecular formula is C47H57N5O12. The number of phenols is 1. The van der Waals surface area contributed by atoms with E-state index in [2.05, 4.69) is 15.4 Å². The summed E-state index contributed by atoms with van der Waals surface area (Å²) >= 11 is 0. The first kappa shape index (κ1) is 46.2. The zero-order valence-corrected chi connectivity index (χ0v) is 37.5. The van der Waals surface area contributed by atoms with Gasteiger partial charge in [0.25, 0.3) is 11.7 Å². The van der Waals surface area contributed by atoms with Gasteiger partial charge in [0.2, 0.25) is 0 Å². The van der Waals surface area contributed by atoms with Crippen LogP contribution in [-0.4, -0.2) is 111 Å². The number of amides is 1. The Kier molecular flexibility index (Phi) is 13.2. The Morgan fingerprint density at radius 1 is 1.03 bits per heavy atom. The van der Waals surface area contributed by atoms with E-state index in [1.165, 1.54) is 46.3 Å². The summed E-state index contributed by atoms with van der Waals surface area (Å²) in [4.78, 5) is 63.3. The summed E-state index contributed by atoms with van der Waals surface area (Å²) in [7, 11) is 1.45. The Morgan fingerprint density at radius 3 is 2.44 bits per heavy atom. The summed E-state index contributed by atoms with van der Waals surface area (Å²) in [6.45, 7) is 15.2. The first-order chi connectivity index (χ1) is 30.4. The molecule has 5 N–H and O–H groups in total. The largest absolute Gasteiger partial charge is 0.505 e. The number of aliphatic hydroxyl groups excluding tert-OH is 2. The number of carbonyl (C=O) groups is 3. The number of aliphatic hydroxyl groups is 2. The van der Waals surface area contributed by atoms with E-state index in [0.29, 0.717) is 32.0 Å². The molecule has 0 aliphatic carbocycles. The Balaban J connectivity index is 1.45. The molecule has 5 heterocycles. The van der Waals surface area contributed by atoms with Crippen molar-refractivity contribution >= 4 is 51.3 Å². The number of ketones is 1. The molecule has 3 aliphatic heterocycles. The van der Waals surface area contributed by atoms with Gasteiger partial charge < -0.3 is 49.4 Å². The lowest BCUT2D eigenvalue weighted by Gasteiger charge is -2.38. The number of hydrazine groups is 1. The van der Waals surface area contributed by atoms with Gasteiger partial charge in [-0.1, -0.05) is 45.9 Å². The first-order valence-electron chi connectivity index (χ1n) is 21.4.